The highest BCUT2D eigenvalue weighted by atomic mass is 16.1. The summed E-state index contributed by atoms with van der Waals surface area (Å²) in [6.07, 6.45) is 5.89. The first-order valence-electron chi connectivity index (χ1n) is 6.97. The first kappa shape index (κ1) is 15.0. The van der Waals surface area contributed by atoms with Gasteiger partial charge >= 0.3 is 0 Å². The van der Waals surface area contributed by atoms with Crippen molar-refractivity contribution in [3.8, 4) is 0 Å². The zero-order valence-electron chi connectivity index (χ0n) is 12.0. The van der Waals surface area contributed by atoms with E-state index in [4.69, 9.17) is 5.84 Å². The van der Waals surface area contributed by atoms with Crippen molar-refractivity contribution in [1.29, 1.82) is 0 Å². The number of amides is 1. The Labute approximate surface area is 123 Å². The Kier molecular flexibility index (Phi) is 5.28. The number of nitrogens with two attached hydrogens (primary N) is 1. The average molecular weight is 288 g/mol. The molecule has 5 N–H and O–H groups in total. The van der Waals surface area contributed by atoms with Crippen molar-refractivity contribution in [1.82, 2.24) is 20.3 Å². The van der Waals surface area contributed by atoms with Gasteiger partial charge in [-0.3, -0.25) is 4.79 Å². The number of hydrogen-bond donors (Lipinski definition) is 4. The molecule has 0 spiro atoms. The van der Waals surface area contributed by atoms with Crippen LogP contribution in [-0.4, -0.2) is 27.4 Å². The number of H-pyrrole nitrogens is 1. The molecule has 2 rings (SSSR count). The van der Waals surface area contributed by atoms with E-state index in [1.54, 1.807) is 24.5 Å². The van der Waals surface area contributed by atoms with E-state index in [1.807, 2.05) is 6.92 Å². The number of nitrogens with zero attached hydrogens (tertiary/aromatic N) is 2. The summed E-state index contributed by atoms with van der Waals surface area (Å²) in [7, 11) is 0. The molecule has 0 aliphatic carbocycles. The number of imidazole rings is 1. The van der Waals surface area contributed by atoms with Gasteiger partial charge in [0.2, 0.25) is 0 Å². The van der Waals surface area contributed by atoms with Crippen molar-refractivity contribution >= 4 is 11.7 Å². The third kappa shape index (κ3) is 4.28. The van der Waals surface area contributed by atoms with Gasteiger partial charge in [-0.25, -0.2) is 15.8 Å². The molecule has 0 unspecified atom stereocenters. The van der Waals surface area contributed by atoms with Gasteiger partial charge in [0, 0.05) is 36.6 Å². The van der Waals surface area contributed by atoms with Crippen molar-refractivity contribution in [2.45, 2.75) is 26.2 Å². The van der Waals surface area contributed by atoms with E-state index in [2.05, 4.69) is 25.7 Å². The second-order valence-electron chi connectivity index (χ2n) is 4.63. The minimum atomic E-state index is -0.122. The van der Waals surface area contributed by atoms with Gasteiger partial charge in [-0.05, 0) is 25.0 Å². The van der Waals surface area contributed by atoms with Gasteiger partial charge in [-0.15, -0.1) is 0 Å². The lowest BCUT2D eigenvalue weighted by atomic mass is 10.1. The van der Waals surface area contributed by atoms with Gasteiger partial charge in [-0.2, -0.15) is 0 Å². The zero-order valence-corrected chi connectivity index (χ0v) is 12.0. The summed E-state index contributed by atoms with van der Waals surface area (Å²) in [6, 6.07) is 3.42. The fourth-order valence-electron chi connectivity index (χ4n) is 1.97. The molecule has 0 aliphatic rings. The summed E-state index contributed by atoms with van der Waals surface area (Å²) < 4.78 is 0. The molecule has 0 aliphatic heterocycles. The normalized spacial score (nSPS) is 10.4. The predicted molar refractivity (Wildman–Crippen MR) is 80.7 cm³/mol. The van der Waals surface area contributed by atoms with E-state index in [-0.39, 0.29) is 5.91 Å². The van der Waals surface area contributed by atoms with Crippen LogP contribution in [0.4, 0.5) is 5.82 Å². The summed E-state index contributed by atoms with van der Waals surface area (Å²) in [5.41, 5.74) is 3.87. The van der Waals surface area contributed by atoms with E-state index in [0.29, 0.717) is 17.9 Å². The van der Waals surface area contributed by atoms with Crippen molar-refractivity contribution < 1.29 is 4.79 Å². The number of anilines is 1. The van der Waals surface area contributed by atoms with Gasteiger partial charge in [0.15, 0.2) is 0 Å². The number of aromatic amines is 1. The van der Waals surface area contributed by atoms with Gasteiger partial charge in [0.25, 0.3) is 5.91 Å². The van der Waals surface area contributed by atoms with Crippen molar-refractivity contribution in [2.75, 3.05) is 12.0 Å². The molecule has 2 heterocycles. The number of hydrazine groups is 1. The summed E-state index contributed by atoms with van der Waals surface area (Å²) in [5, 5.41) is 2.89. The van der Waals surface area contributed by atoms with E-state index in [9.17, 15) is 4.79 Å². The number of carbonyl (C=O) groups is 1. The third-order valence-corrected chi connectivity index (χ3v) is 3.08. The summed E-state index contributed by atoms with van der Waals surface area (Å²) >= 11 is 0. The highest BCUT2D eigenvalue weighted by molar-refractivity contribution is 5.94. The topological polar surface area (TPSA) is 109 Å². The van der Waals surface area contributed by atoms with Crippen molar-refractivity contribution in [3.63, 3.8) is 0 Å². The van der Waals surface area contributed by atoms with Crippen molar-refractivity contribution in [3.05, 3.63) is 41.6 Å². The highest BCUT2D eigenvalue weighted by Gasteiger charge is 2.08. The van der Waals surface area contributed by atoms with E-state index in [0.717, 1.165) is 30.8 Å². The fraction of sp³-hybridized carbons (Fsp3) is 0.357. The standard InChI is InChI=1S/C14H20N6O/c1-2-11-8-10(9-13(19-11)20-15)14(21)18-5-3-4-12-16-6-7-17-12/h6-9H,2-5,15H2,1H3,(H,16,17)(H,18,21)(H,19,20). The average Bonchev–Trinajstić information content (AvgIpc) is 3.04. The minimum absolute atomic E-state index is 0.122. The molecule has 21 heavy (non-hydrogen) atoms. The van der Waals surface area contributed by atoms with E-state index in [1.165, 1.54) is 0 Å². The van der Waals surface area contributed by atoms with Crippen LogP contribution in [0.5, 0.6) is 0 Å². The number of aromatic nitrogens is 3. The summed E-state index contributed by atoms with van der Waals surface area (Å²) in [4.78, 5) is 23.5. The monoisotopic (exact) mass is 288 g/mol. The Bertz CT molecular complexity index is 559. The molecular weight excluding hydrogens is 268 g/mol. The zero-order chi connectivity index (χ0) is 15.1. The van der Waals surface area contributed by atoms with Crippen LogP contribution in [0.2, 0.25) is 0 Å². The third-order valence-electron chi connectivity index (χ3n) is 3.08. The molecule has 2 aromatic rings. The number of rotatable bonds is 7. The Balaban J connectivity index is 1.87. The molecule has 0 radical (unpaired) electrons. The van der Waals surface area contributed by atoms with Crippen LogP contribution in [0.15, 0.2) is 24.5 Å². The van der Waals surface area contributed by atoms with Crippen LogP contribution >= 0.6 is 0 Å². The second-order valence-corrected chi connectivity index (χ2v) is 4.63. The smallest absolute Gasteiger partial charge is 0.251 e. The van der Waals surface area contributed by atoms with Crippen LogP contribution in [0.25, 0.3) is 0 Å². The van der Waals surface area contributed by atoms with Gasteiger partial charge in [-0.1, -0.05) is 6.92 Å². The lowest BCUT2D eigenvalue weighted by Crippen LogP contribution is -2.25. The molecule has 112 valence electrons. The summed E-state index contributed by atoms with van der Waals surface area (Å²) in [6.45, 7) is 2.57. The van der Waals surface area contributed by atoms with Gasteiger partial charge in [0.05, 0.1) is 0 Å². The van der Waals surface area contributed by atoms with E-state index < -0.39 is 0 Å². The van der Waals surface area contributed by atoms with Crippen LogP contribution in [0.3, 0.4) is 0 Å². The predicted octanol–water partition coefficient (Wildman–Crippen LogP) is 1.02. The lowest BCUT2D eigenvalue weighted by Gasteiger charge is -2.08. The van der Waals surface area contributed by atoms with Crippen LogP contribution in [-0.2, 0) is 12.8 Å². The molecule has 0 saturated heterocycles. The van der Waals surface area contributed by atoms with E-state index >= 15 is 0 Å². The second kappa shape index (κ2) is 7.39. The molecule has 0 aromatic carbocycles. The number of pyridine rings is 1. The molecule has 7 nitrogen and oxygen atoms in total. The number of nitrogens with one attached hydrogen (secondary N) is 3. The van der Waals surface area contributed by atoms with Gasteiger partial charge < -0.3 is 15.7 Å². The number of hydrogen-bond acceptors (Lipinski definition) is 5. The molecule has 0 bridgehead atoms. The maximum absolute atomic E-state index is 12.1. The van der Waals surface area contributed by atoms with Crippen molar-refractivity contribution in [2.24, 2.45) is 5.84 Å². The SMILES string of the molecule is CCc1cc(C(=O)NCCCc2ncc[nH]2)cc(NN)n1. The highest BCUT2D eigenvalue weighted by Crippen LogP contribution is 2.10. The molecule has 0 fully saturated rings. The fourth-order valence-corrected chi connectivity index (χ4v) is 1.97. The molecule has 0 atom stereocenters. The first-order chi connectivity index (χ1) is 10.2. The maximum Gasteiger partial charge on any atom is 0.251 e. The Hall–Kier alpha value is -2.41. The molecular formula is C14H20N6O. The molecule has 2 aromatic heterocycles. The van der Waals surface area contributed by atoms with Gasteiger partial charge in [0.1, 0.15) is 11.6 Å². The lowest BCUT2D eigenvalue weighted by molar-refractivity contribution is 0.0953. The van der Waals surface area contributed by atoms with Crippen LogP contribution < -0.4 is 16.6 Å². The Morgan fingerprint density at radius 2 is 2.29 bits per heavy atom. The largest absolute Gasteiger partial charge is 0.352 e. The molecule has 7 heteroatoms. The molecule has 1 amide bonds. The molecule has 0 saturated carbocycles. The Morgan fingerprint density at radius 3 is 2.95 bits per heavy atom. The van der Waals surface area contributed by atoms with Crippen LogP contribution in [0.1, 0.15) is 35.2 Å². The summed E-state index contributed by atoms with van der Waals surface area (Å²) in [5.74, 6) is 6.66. The number of nitrogen functional groups attached to an aromatic ring is 1. The minimum Gasteiger partial charge on any atom is -0.352 e. The van der Waals surface area contributed by atoms with Crippen LogP contribution in [0, 0.1) is 0 Å². The Morgan fingerprint density at radius 1 is 1.43 bits per heavy atom. The number of carbonyl (C=O) groups excluding carboxylic acids is 1. The maximum atomic E-state index is 12.1. The number of aryl methyl sites for hydroxylation is 2. The quantitative estimate of drug-likeness (QED) is 0.345. The first-order valence-corrected chi connectivity index (χ1v) is 6.97.